The van der Waals surface area contributed by atoms with Crippen LogP contribution in [0.5, 0.6) is 17.2 Å². The number of hydrogen-bond donors (Lipinski definition) is 1. The molecule has 6 nitrogen and oxygen atoms in total. The van der Waals surface area contributed by atoms with Crippen molar-refractivity contribution in [3.63, 3.8) is 0 Å². The first-order chi connectivity index (χ1) is 14.6. The molecule has 0 amide bonds. The Kier molecular flexibility index (Phi) is 6.23. The van der Waals surface area contributed by atoms with Crippen molar-refractivity contribution in [3.05, 3.63) is 63.9 Å². The van der Waals surface area contributed by atoms with E-state index in [0.717, 1.165) is 37.3 Å². The number of nitrogens with one attached hydrogen (secondary N) is 1. The van der Waals surface area contributed by atoms with Crippen molar-refractivity contribution in [2.45, 2.75) is 26.4 Å². The van der Waals surface area contributed by atoms with E-state index in [0.29, 0.717) is 40.7 Å². The lowest BCUT2D eigenvalue weighted by atomic mass is 10.0. The Balaban J connectivity index is 1.49. The molecule has 4 rings (SSSR count). The second kappa shape index (κ2) is 9.22. The third-order valence-corrected chi connectivity index (χ3v) is 5.55. The Labute approximate surface area is 175 Å². The second-order valence-corrected chi connectivity index (χ2v) is 7.60. The molecule has 1 N–H and O–H groups in total. The van der Waals surface area contributed by atoms with Crippen LogP contribution in [0.3, 0.4) is 0 Å². The molecule has 6 heteroatoms. The van der Waals surface area contributed by atoms with Crippen molar-refractivity contribution in [1.82, 2.24) is 4.98 Å². The molecule has 0 radical (unpaired) electrons. The Morgan fingerprint density at radius 3 is 2.50 bits per heavy atom. The van der Waals surface area contributed by atoms with E-state index >= 15 is 0 Å². The minimum absolute atomic E-state index is 0.0223. The molecular formula is C24H27NO5. The number of methoxy groups -OCH3 is 1. The van der Waals surface area contributed by atoms with Crippen molar-refractivity contribution >= 4 is 10.9 Å². The van der Waals surface area contributed by atoms with Gasteiger partial charge in [-0.1, -0.05) is 12.1 Å². The number of pyridine rings is 1. The molecule has 1 aliphatic heterocycles. The van der Waals surface area contributed by atoms with Crippen molar-refractivity contribution in [2.24, 2.45) is 5.92 Å². The fourth-order valence-electron chi connectivity index (χ4n) is 3.64. The first kappa shape index (κ1) is 20.3. The van der Waals surface area contributed by atoms with Crippen LogP contribution in [-0.4, -0.2) is 31.9 Å². The van der Waals surface area contributed by atoms with E-state index in [-0.39, 0.29) is 12.0 Å². The van der Waals surface area contributed by atoms with Gasteiger partial charge in [-0.25, -0.2) is 0 Å². The molecule has 30 heavy (non-hydrogen) atoms. The molecule has 0 saturated carbocycles. The molecule has 3 aromatic rings. The monoisotopic (exact) mass is 409 g/mol. The zero-order valence-electron chi connectivity index (χ0n) is 17.4. The molecule has 0 unspecified atom stereocenters. The smallest absolute Gasteiger partial charge is 0.192 e. The number of ether oxygens (including phenoxy) is 4. The maximum absolute atomic E-state index is 12.6. The Bertz CT molecular complexity index is 1070. The number of aromatic amines is 1. The lowest BCUT2D eigenvalue weighted by Crippen LogP contribution is -2.21. The van der Waals surface area contributed by atoms with Gasteiger partial charge in [0.05, 0.1) is 19.4 Å². The second-order valence-electron chi connectivity index (χ2n) is 7.60. The number of benzene rings is 2. The van der Waals surface area contributed by atoms with Gasteiger partial charge in [0, 0.05) is 47.9 Å². The highest BCUT2D eigenvalue weighted by molar-refractivity contribution is 5.79. The normalized spacial score (nSPS) is 14.6. The van der Waals surface area contributed by atoms with Gasteiger partial charge in [0.1, 0.15) is 23.9 Å². The number of para-hydroxylation sites is 1. The summed E-state index contributed by atoms with van der Waals surface area (Å²) in [7, 11) is 1.62. The maximum atomic E-state index is 12.6. The summed E-state index contributed by atoms with van der Waals surface area (Å²) >= 11 is 0. The van der Waals surface area contributed by atoms with Crippen molar-refractivity contribution in [1.29, 1.82) is 0 Å². The molecule has 1 fully saturated rings. The van der Waals surface area contributed by atoms with Gasteiger partial charge in [-0.3, -0.25) is 4.79 Å². The number of rotatable bonds is 7. The SMILES string of the molecule is COc1cc(OCc2[nH]c3ccccc3c(=O)c2C)cc(OCC2CCOCC2)c1. The predicted molar refractivity (Wildman–Crippen MR) is 116 cm³/mol. The standard InChI is InChI=1S/C24H27NO5/c1-16-23(25-22-6-4-3-5-21(22)24(16)26)15-30-20-12-18(27-2)11-19(13-20)29-14-17-7-9-28-10-8-17/h3-6,11-13,17H,7-10,14-15H2,1-2H3,(H,25,26). The molecule has 158 valence electrons. The quantitative estimate of drug-likeness (QED) is 0.632. The summed E-state index contributed by atoms with van der Waals surface area (Å²) in [5, 5.41) is 0.684. The van der Waals surface area contributed by atoms with Crippen LogP contribution >= 0.6 is 0 Å². The van der Waals surface area contributed by atoms with E-state index in [4.69, 9.17) is 18.9 Å². The fourth-order valence-corrected chi connectivity index (χ4v) is 3.64. The molecule has 0 atom stereocenters. The number of aromatic nitrogens is 1. The molecule has 0 aliphatic carbocycles. The van der Waals surface area contributed by atoms with Gasteiger partial charge in [0.25, 0.3) is 0 Å². The summed E-state index contributed by atoms with van der Waals surface area (Å²) in [5.41, 5.74) is 2.24. The third kappa shape index (κ3) is 4.60. The van der Waals surface area contributed by atoms with Crippen molar-refractivity contribution < 1.29 is 18.9 Å². The van der Waals surface area contributed by atoms with E-state index in [1.807, 2.05) is 49.4 Å². The topological polar surface area (TPSA) is 69.8 Å². The van der Waals surface area contributed by atoms with Crippen LogP contribution in [0, 0.1) is 12.8 Å². The summed E-state index contributed by atoms with van der Waals surface area (Å²) < 4.78 is 22.8. The van der Waals surface area contributed by atoms with Gasteiger partial charge in [0.2, 0.25) is 0 Å². The zero-order valence-corrected chi connectivity index (χ0v) is 17.4. The summed E-state index contributed by atoms with van der Waals surface area (Å²) in [5.74, 6) is 2.50. The Morgan fingerprint density at radius 2 is 1.73 bits per heavy atom. The highest BCUT2D eigenvalue weighted by Gasteiger charge is 2.15. The van der Waals surface area contributed by atoms with Crippen LogP contribution in [0.25, 0.3) is 10.9 Å². The molecule has 1 saturated heterocycles. The van der Waals surface area contributed by atoms with Gasteiger partial charge in [-0.2, -0.15) is 0 Å². The Morgan fingerprint density at radius 1 is 1.03 bits per heavy atom. The van der Waals surface area contributed by atoms with Crippen LogP contribution in [0.1, 0.15) is 24.1 Å². The van der Waals surface area contributed by atoms with Crippen LogP contribution in [0.4, 0.5) is 0 Å². The largest absolute Gasteiger partial charge is 0.496 e. The van der Waals surface area contributed by atoms with Gasteiger partial charge in [-0.15, -0.1) is 0 Å². The van der Waals surface area contributed by atoms with Crippen LogP contribution in [0.2, 0.25) is 0 Å². The van der Waals surface area contributed by atoms with Crippen LogP contribution in [0.15, 0.2) is 47.3 Å². The Hall–Kier alpha value is -2.99. The highest BCUT2D eigenvalue weighted by atomic mass is 16.5. The molecule has 0 spiro atoms. The van der Waals surface area contributed by atoms with E-state index in [1.165, 1.54) is 0 Å². The highest BCUT2D eigenvalue weighted by Crippen LogP contribution is 2.29. The fraction of sp³-hybridized carbons (Fsp3) is 0.375. The van der Waals surface area contributed by atoms with Crippen LogP contribution < -0.4 is 19.6 Å². The predicted octanol–water partition coefficient (Wildman–Crippen LogP) is 4.23. The minimum Gasteiger partial charge on any atom is -0.496 e. The molecule has 2 aromatic carbocycles. The summed E-state index contributed by atoms with van der Waals surface area (Å²) in [6.45, 7) is 4.30. The number of H-pyrrole nitrogens is 1. The average molecular weight is 409 g/mol. The molecular weight excluding hydrogens is 382 g/mol. The van der Waals surface area contributed by atoms with Crippen molar-refractivity contribution in [2.75, 3.05) is 26.9 Å². The van der Waals surface area contributed by atoms with Gasteiger partial charge >= 0.3 is 0 Å². The van der Waals surface area contributed by atoms with Crippen LogP contribution in [-0.2, 0) is 11.3 Å². The molecule has 1 aromatic heterocycles. The molecule has 0 bridgehead atoms. The summed E-state index contributed by atoms with van der Waals surface area (Å²) in [6, 6.07) is 13.0. The molecule has 1 aliphatic rings. The third-order valence-electron chi connectivity index (χ3n) is 5.55. The zero-order chi connectivity index (χ0) is 20.9. The average Bonchev–Trinajstić information content (AvgIpc) is 2.79. The van der Waals surface area contributed by atoms with E-state index in [2.05, 4.69) is 4.98 Å². The molecule has 2 heterocycles. The first-order valence-corrected chi connectivity index (χ1v) is 10.3. The minimum atomic E-state index is 0.0223. The lowest BCUT2D eigenvalue weighted by Gasteiger charge is -2.22. The van der Waals surface area contributed by atoms with Gasteiger partial charge in [-0.05, 0) is 37.8 Å². The van der Waals surface area contributed by atoms with Gasteiger partial charge < -0.3 is 23.9 Å². The first-order valence-electron chi connectivity index (χ1n) is 10.3. The van der Waals surface area contributed by atoms with E-state index in [1.54, 1.807) is 7.11 Å². The number of hydrogen-bond acceptors (Lipinski definition) is 5. The summed E-state index contributed by atoms with van der Waals surface area (Å²) in [6.07, 6.45) is 2.03. The van der Waals surface area contributed by atoms with Crippen molar-refractivity contribution in [3.8, 4) is 17.2 Å². The number of fused-ring (bicyclic) bond motifs is 1. The summed E-state index contributed by atoms with van der Waals surface area (Å²) in [4.78, 5) is 15.9. The van der Waals surface area contributed by atoms with E-state index in [9.17, 15) is 4.79 Å². The maximum Gasteiger partial charge on any atom is 0.192 e. The van der Waals surface area contributed by atoms with E-state index < -0.39 is 0 Å². The van der Waals surface area contributed by atoms with Gasteiger partial charge in [0.15, 0.2) is 5.43 Å². The lowest BCUT2D eigenvalue weighted by molar-refractivity contribution is 0.0497.